The first kappa shape index (κ1) is 13.5. The van der Waals surface area contributed by atoms with Gasteiger partial charge in [0.15, 0.2) is 4.77 Å². The number of aromatic nitrogens is 2. The Bertz CT molecular complexity index is 799. The second kappa shape index (κ2) is 5.14. The first-order valence-electron chi connectivity index (χ1n) is 6.55. The monoisotopic (exact) mass is 306 g/mol. The zero-order chi connectivity index (χ0) is 14.3. The van der Waals surface area contributed by atoms with Gasteiger partial charge in [0, 0.05) is 4.88 Å². The average Bonchev–Trinajstić information content (AvgIpc) is 3.02. The van der Waals surface area contributed by atoms with E-state index in [1.807, 2.05) is 12.1 Å². The fourth-order valence-electron chi connectivity index (χ4n) is 2.55. The molecule has 20 heavy (non-hydrogen) atoms. The fourth-order valence-corrected chi connectivity index (χ4v) is 3.79. The van der Waals surface area contributed by atoms with E-state index < -0.39 is 0 Å². The maximum absolute atomic E-state index is 13.7. The maximum Gasteiger partial charge on any atom is 0.178 e. The molecule has 0 aliphatic rings. The highest BCUT2D eigenvalue weighted by Crippen LogP contribution is 2.30. The molecule has 3 rings (SSSR count). The van der Waals surface area contributed by atoms with Gasteiger partial charge >= 0.3 is 0 Å². The number of nitrogens with one attached hydrogen (secondary N) is 1. The van der Waals surface area contributed by atoms with Gasteiger partial charge in [-0.25, -0.2) is 4.39 Å². The first-order valence-corrected chi connectivity index (χ1v) is 7.84. The van der Waals surface area contributed by atoms with Gasteiger partial charge in [0.1, 0.15) is 5.82 Å². The van der Waals surface area contributed by atoms with Crippen molar-refractivity contribution in [3.63, 3.8) is 0 Å². The smallest absolute Gasteiger partial charge is 0.178 e. The zero-order valence-corrected chi connectivity index (χ0v) is 12.9. The molecule has 1 unspecified atom stereocenters. The molecule has 3 aromatic rings. The van der Waals surface area contributed by atoms with Crippen molar-refractivity contribution in [2.75, 3.05) is 0 Å². The minimum absolute atomic E-state index is 0.195. The molecule has 0 saturated heterocycles. The summed E-state index contributed by atoms with van der Waals surface area (Å²) in [5.41, 5.74) is 2.36. The largest absolute Gasteiger partial charge is 0.330 e. The third-order valence-electron chi connectivity index (χ3n) is 3.57. The van der Waals surface area contributed by atoms with Crippen LogP contribution in [0, 0.1) is 17.5 Å². The molecule has 0 aliphatic heterocycles. The Balaban J connectivity index is 2.27. The lowest BCUT2D eigenvalue weighted by molar-refractivity contribution is 0.583. The Labute approximate surface area is 125 Å². The van der Waals surface area contributed by atoms with Crippen molar-refractivity contribution < 1.29 is 4.39 Å². The van der Waals surface area contributed by atoms with Crippen LogP contribution in [0.4, 0.5) is 4.39 Å². The van der Waals surface area contributed by atoms with Crippen LogP contribution in [0.2, 0.25) is 0 Å². The summed E-state index contributed by atoms with van der Waals surface area (Å²) in [4.78, 5) is 4.38. The van der Waals surface area contributed by atoms with Gasteiger partial charge in [-0.1, -0.05) is 13.0 Å². The van der Waals surface area contributed by atoms with Crippen molar-refractivity contribution in [3.05, 3.63) is 50.7 Å². The highest BCUT2D eigenvalue weighted by Gasteiger charge is 2.17. The van der Waals surface area contributed by atoms with Crippen molar-refractivity contribution in [2.45, 2.75) is 26.3 Å². The molecule has 0 spiro atoms. The number of nitrogens with zero attached hydrogens (tertiary/aromatic N) is 1. The van der Waals surface area contributed by atoms with Gasteiger partial charge in [0.05, 0.1) is 17.1 Å². The number of fused-ring (bicyclic) bond motifs is 1. The summed E-state index contributed by atoms with van der Waals surface area (Å²) in [6, 6.07) is 7.76. The predicted molar refractivity (Wildman–Crippen MR) is 84.6 cm³/mol. The minimum atomic E-state index is -0.204. The summed E-state index contributed by atoms with van der Waals surface area (Å²) in [5.74, 6) is -0.204. The molecule has 104 valence electrons. The standard InChI is InChI=1S/C15H15FN2S2/c1-3-12(14-5-4-6-20-14)18-13-7-9(2)10(16)8-11(13)17-15(18)19/h4-8,12H,3H2,1-2H3,(H,17,19). The Morgan fingerprint density at radius 3 is 2.90 bits per heavy atom. The molecule has 2 aromatic heterocycles. The van der Waals surface area contributed by atoms with Gasteiger partial charge in [0.25, 0.3) is 0 Å². The van der Waals surface area contributed by atoms with Gasteiger partial charge in [-0.2, -0.15) is 0 Å². The minimum Gasteiger partial charge on any atom is -0.330 e. The van der Waals surface area contributed by atoms with Gasteiger partial charge in [-0.3, -0.25) is 0 Å². The molecule has 1 atom stereocenters. The molecule has 2 nitrogen and oxygen atoms in total. The normalized spacial score (nSPS) is 12.9. The Morgan fingerprint density at radius 2 is 2.25 bits per heavy atom. The fraction of sp³-hybridized carbons (Fsp3) is 0.267. The molecule has 0 amide bonds. The van der Waals surface area contributed by atoms with E-state index in [4.69, 9.17) is 12.2 Å². The predicted octanol–water partition coefficient (Wildman–Crippen LogP) is 5.21. The number of benzene rings is 1. The number of hydrogen-bond acceptors (Lipinski definition) is 2. The number of hydrogen-bond donors (Lipinski definition) is 1. The van der Waals surface area contributed by atoms with E-state index in [1.165, 1.54) is 10.9 Å². The lowest BCUT2D eigenvalue weighted by Gasteiger charge is -2.16. The summed E-state index contributed by atoms with van der Waals surface area (Å²) in [5, 5.41) is 2.07. The molecule has 0 saturated carbocycles. The quantitative estimate of drug-likeness (QED) is 0.659. The van der Waals surface area contributed by atoms with Crippen LogP contribution in [0.15, 0.2) is 29.6 Å². The van der Waals surface area contributed by atoms with Crippen molar-refractivity contribution >= 4 is 34.6 Å². The van der Waals surface area contributed by atoms with Gasteiger partial charge < -0.3 is 9.55 Å². The molecule has 2 heterocycles. The van der Waals surface area contributed by atoms with Crippen molar-refractivity contribution in [3.8, 4) is 0 Å². The summed E-state index contributed by atoms with van der Waals surface area (Å²) in [7, 11) is 0. The lowest BCUT2D eigenvalue weighted by Crippen LogP contribution is -2.08. The van der Waals surface area contributed by atoms with E-state index in [9.17, 15) is 4.39 Å². The summed E-state index contributed by atoms with van der Waals surface area (Å²) >= 11 is 7.17. The topological polar surface area (TPSA) is 20.7 Å². The summed E-state index contributed by atoms with van der Waals surface area (Å²) < 4.78 is 16.4. The molecule has 0 radical (unpaired) electrons. The van der Waals surface area contributed by atoms with E-state index in [-0.39, 0.29) is 11.9 Å². The van der Waals surface area contributed by atoms with Gasteiger partial charge in [-0.15, -0.1) is 11.3 Å². The second-order valence-electron chi connectivity index (χ2n) is 4.86. The molecular formula is C15H15FN2S2. The zero-order valence-electron chi connectivity index (χ0n) is 11.3. The highest BCUT2D eigenvalue weighted by atomic mass is 32.1. The van der Waals surface area contributed by atoms with Crippen LogP contribution >= 0.6 is 23.6 Å². The van der Waals surface area contributed by atoms with E-state index in [0.29, 0.717) is 10.3 Å². The Hall–Kier alpha value is -1.46. The number of aryl methyl sites for hydroxylation is 1. The number of thiophene rings is 1. The second-order valence-corrected chi connectivity index (χ2v) is 6.22. The van der Waals surface area contributed by atoms with Crippen LogP contribution < -0.4 is 0 Å². The Kier molecular flexibility index (Phi) is 3.48. The van der Waals surface area contributed by atoms with Gasteiger partial charge in [0.2, 0.25) is 0 Å². The van der Waals surface area contributed by atoms with Crippen LogP contribution in [0.3, 0.4) is 0 Å². The number of aromatic amines is 1. The summed E-state index contributed by atoms with van der Waals surface area (Å²) in [6.07, 6.45) is 0.943. The number of imidazole rings is 1. The van der Waals surface area contributed by atoms with Gasteiger partial charge in [-0.05, 0) is 54.7 Å². The van der Waals surface area contributed by atoms with Crippen molar-refractivity contribution in [1.29, 1.82) is 0 Å². The average molecular weight is 306 g/mol. The number of rotatable bonds is 3. The van der Waals surface area contributed by atoms with Crippen LogP contribution in [-0.2, 0) is 0 Å². The maximum atomic E-state index is 13.7. The van der Waals surface area contributed by atoms with E-state index in [0.717, 1.165) is 17.5 Å². The van der Waals surface area contributed by atoms with E-state index in [2.05, 4.69) is 27.9 Å². The van der Waals surface area contributed by atoms with Crippen molar-refractivity contribution in [2.24, 2.45) is 0 Å². The molecule has 5 heteroatoms. The molecular weight excluding hydrogens is 291 g/mol. The number of H-pyrrole nitrogens is 1. The SMILES string of the molecule is CCC(c1cccs1)n1c(=S)[nH]c2cc(F)c(C)cc21. The Morgan fingerprint density at radius 1 is 1.45 bits per heavy atom. The third kappa shape index (κ3) is 2.11. The molecule has 0 bridgehead atoms. The van der Waals surface area contributed by atoms with E-state index in [1.54, 1.807) is 18.3 Å². The van der Waals surface area contributed by atoms with Crippen LogP contribution in [0.5, 0.6) is 0 Å². The summed E-state index contributed by atoms with van der Waals surface area (Å²) in [6.45, 7) is 3.92. The van der Waals surface area contributed by atoms with Crippen LogP contribution in [0.25, 0.3) is 11.0 Å². The molecule has 1 N–H and O–H groups in total. The number of halogens is 1. The molecule has 0 aliphatic carbocycles. The highest BCUT2D eigenvalue weighted by molar-refractivity contribution is 7.71. The third-order valence-corrected chi connectivity index (χ3v) is 4.84. The van der Waals surface area contributed by atoms with E-state index >= 15 is 0 Å². The molecule has 1 aromatic carbocycles. The van der Waals surface area contributed by atoms with Crippen LogP contribution in [0.1, 0.15) is 29.8 Å². The lowest BCUT2D eigenvalue weighted by atomic mass is 10.1. The molecule has 0 fully saturated rings. The first-order chi connectivity index (χ1) is 9.61. The van der Waals surface area contributed by atoms with Crippen LogP contribution in [-0.4, -0.2) is 9.55 Å². The van der Waals surface area contributed by atoms with Crippen molar-refractivity contribution in [1.82, 2.24) is 9.55 Å².